The molecule has 19 heavy (non-hydrogen) atoms. The van der Waals surface area contributed by atoms with Crippen LogP contribution in [0.5, 0.6) is 5.75 Å². The van der Waals surface area contributed by atoms with Gasteiger partial charge in [0.1, 0.15) is 6.10 Å². The molecule has 1 aliphatic carbocycles. The summed E-state index contributed by atoms with van der Waals surface area (Å²) in [5.74, 6) is -1.34. The summed E-state index contributed by atoms with van der Waals surface area (Å²) in [6.07, 6.45) is 0.659. The third kappa shape index (κ3) is 2.81. The summed E-state index contributed by atoms with van der Waals surface area (Å²) in [6.45, 7) is 0. The third-order valence-corrected chi connectivity index (χ3v) is 3.05. The van der Waals surface area contributed by atoms with Crippen molar-refractivity contribution in [1.82, 2.24) is 0 Å². The first-order chi connectivity index (χ1) is 9.01. The van der Waals surface area contributed by atoms with E-state index in [9.17, 15) is 19.3 Å². The fourth-order valence-electron chi connectivity index (χ4n) is 1.90. The van der Waals surface area contributed by atoms with E-state index in [2.05, 4.69) is 4.74 Å². The number of carbonyl (C=O) groups excluding carboxylic acids is 1. The Morgan fingerprint density at radius 1 is 1.47 bits per heavy atom. The Morgan fingerprint density at radius 2 is 2.16 bits per heavy atom. The number of carbonyl (C=O) groups is 1. The molecule has 7 heteroatoms. The maximum absolute atomic E-state index is 13.5. The summed E-state index contributed by atoms with van der Waals surface area (Å²) in [7, 11) is 1.31. The van der Waals surface area contributed by atoms with Crippen LogP contribution in [-0.4, -0.2) is 24.1 Å². The molecular weight excluding hydrogens is 257 g/mol. The number of benzene rings is 1. The second-order valence-corrected chi connectivity index (χ2v) is 4.30. The van der Waals surface area contributed by atoms with Crippen LogP contribution < -0.4 is 4.74 Å². The fourth-order valence-corrected chi connectivity index (χ4v) is 1.90. The summed E-state index contributed by atoms with van der Waals surface area (Å²) in [4.78, 5) is 20.9. The molecule has 0 atom stereocenters. The largest absolute Gasteiger partial charge is 0.487 e. The van der Waals surface area contributed by atoms with Crippen LogP contribution in [0, 0.1) is 21.8 Å². The third-order valence-electron chi connectivity index (χ3n) is 3.05. The average molecular weight is 269 g/mol. The SMILES string of the molecule is COC(=O)C1CC(Oc2ccc([N+](=O)[O-])cc2F)C1. The Bertz CT molecular complexity index is 513. The molecule has 1 saturated carbocycles. The van der Waals surface area contributed by atoms with E-state index in [-0.39, 0.29) is 29.4 Å². The van der Waals surface area contributed by atoms with Crippen molar-refractivity contribution in [3.63, 3.8) is 0 Å². The van der Waals surface area contributed by atoms with Crippen LogP contribution in [-0.2, 0) is 9.53 Å². The number of nitrogens with zero attached hydrogens (tertiary/aromatic N) is 1. The van der Waals surface area contributed by atoms with Crippen molar-refractivity contribution in [1.29, 1.82) is 0 Å². The van der Waals surface area contributed by atoms with E-state index in [0.29, 0.717) is 12.8 Å². The summed E-state index contributed by atoms with van der Waals surface area (Å²) >= 11 is 0. The summed E-state index contributed by atoms with van der Waals surface area (Å²) in [5.41, 5.74) is -0.328. The van der Waals surface area contributed by atoms with Crippen molar-refractivity contribution in [3.05, 3.63) is 34.1 Å². The number of ether oxygens (including phenoxy) is 2. The van der Waals surface area contributed by atoms with Gasteiger partial charge < -0.3 is 9.47 Å². The lowest BCUT2D eigenvalue weighted by Gasteiger charge is -2.33. The van der Waals surface area contributed by atoms with Crippen molar-refractivity contribution < 1.29 is 23.6 Å². The second kappa shape index (κ2) is 5.21. The first-order valence-corrected chi connectivity index (χ1v) is 5.69. The number of methoxy groups -OCH3 is 1. The number of esters is 1. The molecular formula is C12H12FNO5. The van der Waals surface area contributed by atoms with Gasteiger partial charge in [-0.2, -0.15) is 0 Å². The van der Waals surface area contributed by atoms with Gasteiger partial charge in [0.25, 0.3) is 5.69 Å². The quantitative estimate of drug-likeness (QED) is 0.475. The normalized spacial score (nSPS) is 21.4. The minimum atomic E-state index is -0.782. The maximum Gasteiger partial charge on any atom is 0.308 e. The summed E-state index contributed by atoms with van der Waals surface area (Å²) in [5, 5.41) is 10.5. The Labute approximate surface area is 108 Å². The van der Waals surface area contributed by atoms with E-state index in [4.69, 9.17) is 4.74 Å². The van der Waals surface area contributed by atoms with Gasteiger partial charge in [0.15, 0.2) is 11.6 Å². The molecule has 0 N–H and O–H groups in total. The van der Waals surface area contributed by atoms with Crippen molar-refractivity contribution >= 4 is 11.7 Å². The number of non-ortho nitro benzene ring substituents is 1. The molecule has 1 fully saturated rings. The standard InChI is InChI=1S/C12H12FNO5/c1-18-12(15)7-4-9(5-7)19-11-3-2-8(14(16)17)6-10(11)13/h2-3,6-7,9H,4-5H2,1H3. The number of hydrogen-bond acceptors (Lipinski definition) is 5. The molecule has 102 valence electrons. The zero-order valence-electron chi connectivity index (χ0n) is 10.2. The van der Waals surface area contributed by atoms with Gasteiger partial charge in [-0.3, -0.25) is 14.9 Å². The molecule has 2 rings (SSSR count). The predicted octanol–water partition coefficient (Wildman–Crippen LogP) is 2.06. The highest BCUT2D eigenvalue weighted by molar-refractivity contribution is 5.73. The molecule has 1 aliphatic rings. The predicted molar refractivity (Wildman–Crippen MR) is 62.2 cm³/mol. The first-order valence-electron chi connectivity index (χ1n) is 5.69. The summed E-state index contributed by atoms with van der Waals surface area (Å²) in [6, 6.07) is 3.21. The molecule has 0 heterocycles. The van der Waals surface area contributed by atoms with Crippen LogP contribution in [0.25, 0.3) is 0 Å². The van der Waals surface area contributed by atoms with E-state index >= 15 is 0 Å². The van der Waals surface area contributed by atoms with Crippen LogP contribution in [0.2, 0.25) is 0 Å². The molecule has 1 aromatic rings. The second-order valence-electron chi connectivity index (χ2n) is 4.30. The smallest absolute Gasteiger partial charge is 0.308 e. The van der Waals surface area contributed by atoms with E-state index in [1.165, 1.54) is 19.2 Å². The zero-order chi connectivity index (χ0) is 14.0. The van der Waals surface area contributed by atoms with Gasteiger partial charge in [0.2, 0.25) is 0 Å². The number of halogens is 1. The molecule has 0 spiro atoms. The minimum Gasteiger partial charge on any atom is -0.487 e. The first kappa shape index (κ1) is 13.3. The molecule has 1 aromatic carbocycles. The average Bonchev–Trinajstić information content (AvgIpc) is 2.33. The molecule has 6 nitrogen and oxygen atoms in total. The van der Waals surface area contributed by atoms with Gasteiger partial charge in [-0.15, -0.1) is 0 Å². The van der Waals surface area contributed by atoms with E-state index in [1.807, 2.05) is 0 Å². The van der Waals surface area contributed by atoms with Gasteiger partial charge in [-0.05, 0) is 18.9 Å². The van der Waals surface area contributed by atoms with E-state index < -0.39 is 10.7 Å². The highest BCUT2D eigenvalue weighted by Crippen LogP contribution is 2.33. The Balaban J connectivity index is 1.95. The lowest BCUT2D eigenvalue weighted by molar-refractivity contribution is -0.385. The van der Waals surface area contributed by atoms with Crippen LogP contribution in [0.1, 0.15) is 12.8 Å². The minimum absolute atomic E-state index is 0.0427. The van der Waals surface area contributed by atoms with Gasteiger partial charge in [-0.25, -0.2) is 4.39 Å². The van der Waals surface area contributed by atoms with Crippen LogP contribution in [0.4, 0.5) is 10.1 Å². The highest BCUT2D eigenvalue weighted by atomic mass is 19.1. The monoisotopic (exact) mass is 269 g/mol. The molecule has 0 unspecified atom stereocenters. The lowest BCUT2D eigenvalue weighted by Crippen LogP contribution is -2.38. The molecule has 0 aromatic heterocycles. The van der Waals surface area contributed by atoms with Crippen molar-refractivity contribution in [2.45, 2.75) is 18.9 Å². The fraction of sp³-hybridized carbons (Fsp3) is 0.417. The van der Waals surface area contributed by atoms with Gasteiger partial charge in [-0.1, -0.05) is 0 Å². The molecule has 0 saturated heterocycles. The van der Waals surface area contributed by atoms with Crippen LogP contribution in [0.15, 0.2) is 18.2 Å². The maximum atomic E-state index is 13.5. The van der Waals surface area contributed by atoms with Gasteiger partial charge in [0.05, 0.1) is 24.0 Å². The lowest BCUT2D eigenvalue weighted by atomic mass is 9.82. The van der Waals surface area contributed by atoms with Crippen LogP contribution in [0.3, 0.4) is 0 Å². The number of nitro benzene ring substituents is 1. The molecule has 0 amide bonds. The summed E-state index contributed by atoms with van der Waals surface area (Å²) < 4.78 is 23.4. The van der Waals surface area contributed by atoms with E-state index in [1.54, 1.807) is 0 Å². The van der Waals surface area contributed by atoms with E-state index in [0.717, 1.165) is 6.07 Å². The number of rotatable bonds is 4. The van der Waals surface area contributed by atoms with Crippen molar-refractivity contribution in [2.24, 2.45) is 5.92 Å². The topological polar surface area (TPSA) is 78.7 Å². The van der Waals surface area contributed by atoms with Gasteiger partial charge >= 0.3 is 5.97 Å². The number of hydrogen-bond donors (Lipinski definition) is 0. The number of nitro groups is 1. The van der Waals surface area contributed by atoms with Crippen molar-refractivity contribution in [2.75, 3.05) is 7.11 Å². The van der Waals surface area contributed by atoms with Gasteiger partial charge in [0, 0.05) is 6.07 Å². The zero-order valence-corrected chi connectivity index (χ0v) is 10.2. The Kier molecular flexibility index (Phi) is 3.64. The molecule has 0 aliphatic heterocycles. The Morgan fingerprint density at radius 3 is 2.68 bits per heavy atom. The molecule has 0 bridgehead atoms. The highest BCUT2D eigenvalue weighted by Gasteiger charge is 2.37. The van der Waals surface area contributed by atoms with Crippen molar-refractivity contribution in [3.8, 4) is 5.75 Å². The van der Waals surface area contributed by atoms with Crippen LogP contribution >= 0.6 is 0 Å². The Hall–Kier alpha value is -2.18. The molecule has 0 radical (unpaired) electrons.